The standard InChI is InChI=1S/C17H17F2NO4S2/c18-15-7-4-8-16(19)17(15)26(23,24)20-11-9-14(10-12-20)25(21,22)13-5-2-1-3-6-13/h1-8,14H,9-12H2. The van der Waals surface area contributed by atoms with E-state index in [4.69, 9.17) is 0 Å². The minimum Gasteiger partial charge on any atom is -0.223 e. The summed E-state index contributed by atoms with van der Waals surface area (Å²) in [5.74, 6) is -2.33. The lowest BCUT2D eigenvalue weighted by Gasteiger charge is -2.31. The fourth-order valence-corrected chi connectivity index (χ4v) is 6.37. The van der Waals surface area contributed by atoms with E-state index in [1.807, 2.05) is 0 Å². The number of piperidine rings is 1. The Balaban J connectivity index is 1.81. The highest BCUT2D eigenvalue weighted by atomic mass is 32.2. The van der Waals surface area contributed by atoms with Crippen molar-refractivity contribution in [2.75, 3.05) is 13.1 Å². The van der Waals surface area contributed by atoms with E-state index in [-0.39, 0.29) is 30.8 Å². The quantitative estimate of drug-likeness (QED) is 0.790. The predicted octanol–water partition coefficient (Wildman–Crippen LogP) is 2.59. The number of sulfonamides is 1. The lowest BCUT2D eigenvalue weighted by atomic mass is 10.2. The van der Waals surface area contributed by atoms with Crippen LogP contribution in [0, 0.1) is 11.6 Å². The Bertz CT molecular complexity index is 980. The molecule has 0 spiro atoms. The molecule has 3 rings (SSSR count). The van der Waals surface area contributed by atoms with Gasteiger partial charge in [0.1, 0.15) is 11.6 Å². The second-order valence-corrected chi connectivity index (χ2v) is 10.1. The first-order valence-electron chi connectivity index (χ1n) is 7.97. The lowest BCUT2D eigenvalue weighted by molar-refractivity contribution is 0.341. The molecule has 9 heteroatoms. The number of nitrogens with zero attached hydrogens (tertiary/aromatic N) is 1. The normalized spacial score (nSPS) is 17.3. The maximum atomic E-state index is 13.8. The molecule has 0 radical (unpaired) electrons. The Kier molecular flexibility index (Phi) is 5.14. The molecule has 0 amide bonds. The average molecular weight is 401 g/mol. The first-order chi connectivity index (χ1) is 12.2. The third-order valence-corrected chi connectivity index (χ3v) is 8.66. The van der Waals surface area contributed by atoms with Gasteiger partial charge in [-0.1, -0.05) is 24.3 Å². The first-order valence-corrected chi connectivity index (χ1v) is 11.0. The second-order valence-electron chi connectivity index (χ2n) is 6.01. The Morgan fingerprint density at radius 3 is 1.88 bits per heavy atom. The number of benzene rings is 2. The minimum atomic E-state index is -4.37. The van der Waals surface area contributed by atoms with Crippen molar-refractivity contribution >= 4 is 19.9 Å². The third kappa shape index (κ3) is 3.38. The van der Waals surface area contributed by atoms with E-state index < -0.39 is 41.6 Å². The predicted molar refractivity (Wildman–Crippen MR) is 91.8 cm³/mol. The maximum absolute atomic E-state index is 13.8. The van der Waals surface area contributed by atoms with Crippen molar-refractivity contribution in [2.24, 2.45) is 0 Å². The summed E-state index contributed by atoms with van der Waals surface area (Å²) in [5.41, 5.74) is 0. The number of halogens is 2. The minimum absolute atomic E-state index is 0.0620. The lowest BCUT2D eigenvalue weighted by Crippen LogP contribution is -2.42. The van der Waals surface area contributed by atoms with Crippen LogP contribution in [-0.2, 0) is 19.9 Å². The molecule has 0 saturated carbocycles. The van der Waals surface area contributed by atoms with Crippen LogP contribution in [0.25, 0.3) is 0 Å². The molecule has 2 aromatic carbocycles. The number of sulfone groups is 1. The van der Waals surface area contributed by atoms with Crippen molar-refractivity contribution < 1.29 is 25.6 Å². The van der Waals surface area contributed by atoms with Crippen LogP contribution in [0.5, 0.6) is 0 Å². The molecule has 0 bridgehead atoms. The van der Waals surface area contributed by atoms with Crippen molar-refractivity contribution in [3.05, 3.63) is 60.2 Å². The van der Waals surface area contributed by atoms with E-state index in [2.05, 4.69) is 0 Å². The highest BCUT2D eigenvalue weighted by molar-refractivity contribution is 7.92. The molecular formula is C17H17F2NO4S2. The molecule has 26 heavy (non-hydrogen) atoms. The third-order valence-electron chi connectivity index (χ3n) is 4.43. The zero-order valence-electron chi connectivity index (χ0n) is 13.7. The molecule has 0 unspecified atom stereocenters. The molecular weight excluding hydrogens is 384 g/mol. The van der Waals surface area contributed by atoms with Gasteiger partial charge < -0.3 is 0 Å². The summed E-state index contributed by atoms with van der Waals surface area (Å²) < 4.78 is 79.0. The van der Waals surface area contributed by atoms with Crippen LogP contribution in [0.2, 0.25) is 0 Å². The zero-order valence-corrected chi connectivity index (χ0v) is 15.3. The fraction of sp³-hybridized carbons (Fsp3) is 0.294. The van der Waals surface area contributed by atoms with E-state index in [1.165, 1.54) is 12.1 Å². The molecule has 1 aliphatic rings. The molecule has 1 saturated heterocycles. The topological polar surface area (TPSA) is 71.5 Å². The monoisotopic (exact) mass is 401 g/mol. The summed E-state index contributed by atoms with van der Waals surface area (Å²) in [4.78, 5) is -0.814. The summed E-state index contributed by atoms with van der Waals surface area (Å²) in [7, 11) is -7.95. The van der Waals surface area contributed by atoms with Crippen LogP contribution >= 0.6 is 0 Å². The molecule has 0 aliphatic carbocycles. The van der Waals surface area contributed by atoms with Crippen molar-refractivity contribution in [2.45, 2.75) is 27.9 Å². The van der Waals surface area contributed by atoms with Crippen LogP contribution in [0.1, 0.15) is 12.8 Å². The zero-order chi connectivity index (χ0) is 18.9. The van der Waals surface area contributed by atoms with Crippen LogP contribution in [0.3, 0.4) is 0 Å². The molecule has 0 N–H and O–H groups in total. The van der Waals surface area contributed by atoms with Crippen LogP contribution in [0.15, 0.2) is 58.3 Å². The molecule has 0 aromatic heterocycles. The number of hydrogen-bond acceptors (Lipinski definition) is 4. The maximum Gasteiger partial charge on any atom is 0.248 e. The molecule has 1 fully saturated rings. The van der Waals surface area contributed by atoms with Gasteiger partial charge in [0.2, 0.25) is 10.0 Å². The van der Waals surface area contributed by atoms with E-state index in [1.54, 1.807) is 18.2 Å². The molecule has 1 heterocycles. The van der Waals surface area contributed by atoms with E-state index in [0.29, 0.717) is 0 Å². The van der Waals surface area contributed by atoms with E-state index in [9.17, 15) is 25.6 Å². The van der Waals surface area contributed by atoms with Crippen molar-refractivity contribution in [1.82, 2.24) is 4.31 Å². The van der Waals surface area contributed by atoms with Gasteiger partial charge in [0.25, 0.3) is 0 Å². The van der Waals surface area contributed by atoms with Crippen LogP contribution in [0.4, 0.5) is 8.78 Å². The summed E-state index contributed by atoms with van der Waals surface area (Å²) in [6.45, 7) is -0.236. The van der Waals surface area contributed by atoms with Gasteiger partial charge in [-0.3, -0.25) is 0 Å². The van der Waals surface area contributed by atoms with E-state index in [0.717, 1.165) is 22.5 Å². The van der Waals surface area contributed by atoms with Gasteiger partial charge in [0.15, 0.2) is 14.7 Å². The summed E-state index contributed by atoms with van der Waals surface area (Å²) in [6.07, 6.45) is 0.124. The highest BCUT2D eigenvalue weighted by Crippen LogP contribution is 2.29. The van der Waals surface area contributed by atoms with Gasteiger partial charge in [-0.15, -0.1) is 0 Å². The first kappa shape index (κ1) is 18.9. The second kappa shape index (κ2) is 7.05. The van der Waals surface area contributed by atoms with Gasteiger partial charge in [0.05, 0.1) is 10.1 Å². The molecule has 5 nitrogen and oxygen atoms in total. The number of rotatable bonds is 4. The van der Waals surface area contributed by atoms with Crippen LogP contribution in [-0.4, -0.2) is 39.5 Å². The Labute approximate surface area is 151 Å². The highest BCUT2D eigenvalue weighted by Gasteiger charge is 2.37. The van der Waals surface area contributed by atoms with Gasteiger partial charge in [-0.05, 0) is 37.1 Å². The number of hydrogen-bond donors (Lipinski definition) is 0. The van der Waals surface area contributed by atoms with E-state index >= 15 is 0 Å². The molecule has 2 aromatic rings. The summed E-state index contributed by atoms with van der Waals surface area (Å²) in [6, 6.07) is 10.8. The molecule has 140 valence electrons. The Morgan fingerprint density at radius 1 is 0.808 bits per heavy atom. The van der Waals surface area contributed by atoms with Gasteiger partial charge in [0, 0.05) is 13.1 Å². The smallest absolute Gasteiger partial charge is 0.223 e. The summed E-state index contributed by atoms with van der Waals surface area (Å²) >= 11 is 0. The average Bonchev–Trinajstić information content (AvgIpc) is 2.62. The van der Waals surface area contributed by atoms with Gasteiger partial charge in [-0.2, -0.15) is 4.31 Å². The molecule has 1 aliphatic heterocycles. The Morgan fingerprint density at radius 2 is 1.35 bits per heavy atom. The molecule has 0 atom stereocenters. The van der Waals surface area contributed by atoms with Crippen molar-refractivity contribution in [3.63, 3.8) is 0 Å². The van der Waals surface area contributed by atoms with Gasteiger partial charge in [-0.25, -0.2) is 25.6 Å². The SMILES string of the molecule is O=S(=O)(c1ccccc1)C1CCN(S(=O)(=O)c2c(F)cccc2F)CC1. The Hall–Kier alpha value is -1.84. The van der Waals surface area contributed by atoms with Crippen molar-refractivity contribution in [3.8, 4) is 0 Å². The largest absolute Gasteiger partial charge is 0.248 e. The van der Waals surface area contributed by atoms with Crippen molar-refractivity contribution in [1.29, 1.82) is 0 Å². The van der Waals surface area contributed by atoms with Gasteiger partial charge >= 0.3 is 0 Å². The van der Waals surface area contributed by atoms with Crippen LogP contribution < -0.4 is 0 Å². The fourth-order valence-electron chi connectivity index (χ4n) is 3.04. The summed E-state index contributed by atoms with van der Waals surface area (Å²) in [5, 5.41) is -0.734.